The van der Waals surface area contributed by atoms with Gasteiger partial charge in [0.1, 0.15) is 12.4 Å². The molecule has 138 valence electrons. The van der Waals surface area contributed by atoms with Gasteiger partial charge in [-0.1, -0.05) is 30.3 Å². The number of nitrogens with two attached hydrogens (primary N) is 1. The van der Waals surface area contributed by atoms with E-state index in [1.165, 1.54) is 30.6 Å². The highest BCUT2D eigenvalue weighted by Crippen LogP contribution is 2.19. The molecule has 3 aromatic rings. The van der Waals surface area contributed by atoms with Gasteiger partial charge in [-0.05, 0) is 35.9 Å². The molecular formula is C19H17N3O4S. The predicted octanol–water partition coefficient (Wildman–Crippen LogP) is 2.56. The highest BCUT2D eigenvalue weighted by atomic mass is 32.2. The number of hydrogen-bond donors (Lipinski definition) is 2. The molecule has 0 aliphatic rings. The fourth-order valence-corrected chi connectivity index (χ4v) is 3.41. The van der Waals surface area contributed by atoms with Gasteiger partial charge in [-0.25, -0.2) is 8.42 Å². The van der Waals surface area contributed by atoms with Crippen LogP contribution in [0.4, 0.5) is 5.69 Å². The summed E-state index contributed by atoms with van der Waals surface area (Å²) in [6, 6.07) is 16.5. The number of carbonyl (C=O) groups is 1. The SMILES string of the molecule is NC(=O)c1cncc(OCc2cccc(NS(=O)(=O)c3ccccc3)c2)c1. The lowest BCUT2D eigenvalue weighted by Crippen LogP contribution is -2.13. The van der Waals surface area contributed by atoms with Crippen molar-refractivity contribution in [2.45, 2.75) is 11.5 Å². The number of primary amides is 1. The van der Waals surface area contributed by atoms with Crippen LogP contribution >= 0.6 is 0 Å². The van der Waals surface area contributed by atoms with Gasteiger partial charge in [-0.3, -0.25) is 14.5 Å². The predicted molar refractivity (Wildman–Crippen MR) is 101 cm³/mol. The van der Waals surface area contributed by atoms with Crippen molar-refractivity contribution in [1.82, 2.24) is 4.98 Å². The molecule has 3 rings (SSSR count). The summed E-state index contributed by atoms with van der Waals surface area (Å²) in [5.74, 6) is -0.202. The summed E-state index contributed by atoms with van der Waals surface area (Å²) in [7, 11) is -3.66. The van der Waals surface area contributed by atoms with E-state index in [2.05, 4.69) is 9.71 Å². The van der Waals surface area contributed by atoms with E-state index in [0.29, 0.717) is 11.4 Å². The summed E-state index contributed by atoms with van der Waals surface area (Å²) in [4.78, 5) is 15.3. The van der Waals surface area contributed by atoms with Crippen LogP contribution in [-0.4, -0.2) is 19.3 Å². The second kappa shape index (κ2) is 7.88. The van der Waals surface area contributed by atoms with Crippen LogP contribution in [0.15, 0.2) is 78.0 Å². The molecule has 0 saturated carbocycles. The molecular weight excluding hydrogens is 366 g/mol. The number of rotatable bonds is 7. The number of nitrogens with one attached hydrogen (secondary N) is 1. The molecule has 8 heteroatoms. The minimum atomic E-state index is -3.66. The first-order valence-electron chi connectivity index (χ1n) is 7.98. The molecule has 0 aliphatic carbocycles. The third-order valence-electron chi connectivity index (χ3n) is 3.64. The van der Waals surface area contributed by atoms with Crippen LogP contribution in [0.1, 0.15) is 15.9 Å². The Hall–Kier alpha value is -3.39. The van der Waals surface area contributed by atoms with Gasteiger partial charge < -0.3 is 10.5 Å². The third kappa shape index (κ3) is 4.83. The van der Waals surface area contributed by atoms with Crippen LogP contribution in [0.25, 0.3) is 0 Å². The maximum absolute atomic E-state index is 12.4. The number of ether oxygens (including phenoxy) is 1. The van der Waals surface area contributed by atoms with Gasteiger partial charge in [-0.15, -0.1) is 0 Å². The molecule has 0 atom stereocenters. The minimum absolute atomic E-state index is 0.171. The Balaban J connectivity index is 1.71. The Kier molecular flexibility index (Phi) is 5.37. The standard InChI is InChI=1S/C19H17N3O4S/c20-19(23)15-10-17(12-21-11-15)26-13-14-5-4-6-16(9-14)22-27(24,25)18-7-2-1-3-8-18/h1-12,22H,13H2,(H2,20,23). The number of pyridine rings is 1. The van der Waals surface area contributed by atoms with E-state index >= 15 is 0 Å². The monoisotopic (exact) mass is 383 g/mol. The van der Waals surface area contributed by atoms with Crippen molar-refractivity contribution in [3.63, 3.8) is 0 Å². The molecule has 7 nitrogen and oxygen atoms in total. The van der Waals surface area contributed by atoms with Gasteiger partial charge in [0, 0.05) is 11.9 Å². The Morgan fingerprint density at radius 2 is 1.81 bits per heavy atom. The van der Waals surface area contributed by atoms with Crippen molar-refractivity contribution in [2.24, 2.45) is 5.73 Å². The summed E-state index contributed by atoms with van der Waals surface area (Å²) < 4.78 is 32.9. The Morgan fingerprint density at radius 1 is 1.04 bits per heavy atom. The van der Waals surface area contributed by atoms with Crippen molar-refractivity contribution in [2.75, 3.05) is 4.72 Å². The van der Waals surface area contributed by atoms with E-state index in [9.17, 15) is 13.2 Å². The van der Waals surface area contributed by atoms with Gasteiger partial charge >= 0.3 is 0 Å². The molecule has 2 aromatic carbocycles. The molecule has 0 radical (unpaired) electrons. The lowest BCUT2D eigenvalue weighted by Gasteiger charge is -2.10. The van der Waals surface area contributed by atoms with E-state index < -0.39 is 15.9 Å². The zero-order chi connectivity index (χ0) is 19.3. The van der Waals surface area contributed by atoms with Crippen LogP contribution in [0, 0.1) is 0 Å². The summed E-state index contributed by atoms with van der Waals surface area (Å²) in [5.41, 5.74) is 6.63. The molecule has 1 heterocycles. The summed E-state index contributed by atoms with van der Waals surface area (Å²) in [6.07, 6.45) is 2.82. The fourth-order valence-electron chi connectivity index (χ4n) is 2.34. The highest BCUT2D eigenvalue weighted by molar-refractivity contribution is 7.92. The Bertz CT molecular complexity index is 1050. The van der Waals surface area contributed by atoms with Crippen molar-refractivity contribution in [1.29, 1.82) is 0 Å². The average Bonchev–Trinajstić information content (AvgIpc) is 2.67. The first kappa shape index (κ1) is 18.4. The largest absolute Gasteiger partial charge is 0.487 e. The van der Waals surface area contributed by atoms with E-state index in [0.717, 1.165) is 5.56 Å². The summed E-state index contributed by atoms with van der Waals surface area (Å²) in [6.45, 7) is 0.171. The Morgan fingerprint density at radius 3 is 2.56 bits per heavy atom. The Labute approximate surface area is 156 Å². The molecule has 3 N–H and O–H groups in total. The van der Waals surface area contributed by atoms with E-state index in [1.807, 2.05) is 0 Å². The van der Waals surface area contributed by atoms with E-state index in [-0.39, 0.29) is 17.1 Å². The fraction of sp³-hybridized carbons (Fsp3) is 0.0526. The maximum atomic E-state index is 12.4. The molecule has 0 spiro atoms. The zero-order valence-electron chi connectivity index (χ0n) is 14.2. The number of benzene rings is 2. The topological polar surface area (TPSA) is 111 Å². The van der Waals surface area contributed by atoms with Crippen molar-refractivity contribution in [3.05, 3.63) is 84.2 Å². The number of aromatic nitrogens is 1. The van der Waals surface area contributed by atoms with Gasteiger partial charge in [-0.2, -0.15) is 0 Å². The number of amides is 1. The number of hydrogen-bond acceptors (Lipinski definition) is 5. The van der Waals surface area contributed by atoms with Crippen molar-refractivity contribution >= 4 is 21.6 Å². The van der Waals surface area contributed by atoms with Gasteiger partial charge in [0.2, 0.25) is 5.91 Å². The lowest BCUT2D eigenvalue weighted by atomic mass is 10.2. The minimum Gasteiger partial charge on any atom is -0.487 e. The van der Waals surface area contributed by atoms with Gasteiger partial charge in [0.25, 0.3) is 10.0 Å². The molecule has 0 unspecified atom stereocenters. The van der Waals surface area contributed by atoms with Crippen LogP contribution in [0.2, 0.25) is 0 Å². The van der Waals surface area contributed by atoms with Crippen molar-refractivity contribution in [3.8, 4) is 5.75 Å². The summed E-state index contributed by atoms with van der Waals surface area (Å²) in [5, 5.41) is 0. The van der Waals surface area contributed by atoms with Gasteiger partial charge in [0.15, 0.2) is 0 Å². The maximum Gasteiger partial charge on any atom is 0.261 e. The second-order valence-corrected chi connectivity index (χ2v) is 7.36. The van der Waals surface area contributed by atoms with Crippen molar-refractivity contribution < 1.29 is 17.9 Å². The molecule has 27 heavy (non-hydrogen) atoms. The number of sulfonamides is 1. The van der Waals surface area contributed by atoms with E-state index in [1.54, 1.807) is 42.5 Å². The van der Waals surface area contributed by atoms with Gasteiger partial charge in [0.05, 0.1) is 16.7 Å². The molecule has 0 fully saturated rings. The molecule has 0 bridgehead atoms. The van der Waals surface area contributed by atoms with Crippen LogP contribution in [-0.2, 0) is 16.6 Å². The average molecular weight is 383 g/mol. The van der Waals surface area contributed by atoms with E-state index in [4.69, 9.17) is 10.5 Å². The first-order valence-corrected chi connectivity index (χ1v) is 9.47. The van der Waals surface area contributed by atoms with Crippen LogP contribution in [0.3, 0.4) is 0 Å². The molecule has 0 saturated heterocycles. The third-order valence-corrected chi connectivity index (χ3v) is 5.03. The first-order chi connectivity index (χ1) is 12.9. The van der Waals surface area contributed by atoms with Crippen LogP contribution in [0.5, 0.6) is 5.75 Å². The van der Waals surface area contributed by atoms with Crippen LogP contribution < -0.4 is 15.2 Å². The zero-order valence-corrected chi connectivity index (χ0v) is 15.0. The number of carbonyl (C=O) groups excluding carboxylic acids is 1. The molecule has 0 aliphatic heterocycles. The number of nitrogens with zero attached hydrogens (tertiary/aromatic N) is 1. The smallest absolute Gasteiger partial charge is 0.261 e. The molecule has 1 amide bonds. The lowest BCUT2D eigenvalue weighted by molar-refractivity contribution is 0.0999. The highest BCUT2D eigenvalue weighted by Gasteiger charge is 2.13. The molecule has 1 aromatic heterocycles. The summed E-state index contributed by atoms with van der Waals surface area (Å²) >= 11 is 0. The quantitative estimate of drug-likeness (QED) is 0.651. The normalized spacial score (nSPS) is 11.0. The number of anilines is 1. The second-order valence-electron chi connectivity index (χ2n) is 5.68.